The molecule has 7 heteroatoms. The lowest BCUT2D eigenvalue weighted by Gasteiger charge is -2.12. The second kappa shape index (κ2) is 8.71. The van der Waals surface area contributed by atoms with Crippen LogP contribution in [-0.2, 0) is 0 Å². The van der Waals surface area contributed by atoms with Crippen LogP contribution in [0.15, 0.2) is 72.8 Å². The standard InChI is InChI=1S/C22H20N4O3/c1-29-17-11-9-16(10-12-17)25-22(28)18-7-2-3-8-19(18)26-21(27)15-6-4-5-14(13-15)20(23)24/h2-13H,1H3,(H3,23,24)(H,25,28)(H,26,27). The van der Waals surface area contributed by atoms with Gasteiger partial charge < -0.3 is 21.1 Å². The van der Waals surface area contributed by atoms with E-state index in [1.54, 1.807) is 73.8 Å². The molecule has 0 aliphatic rings. The molecule has 0 unspecified atom stereocenters. The Balaban J connectivity index is 1.79. The van der Waals surface area contributed by atoms with E-state index in [1.807, 2.05) is 0 Å². The summed E-state index contributed by atoms with van der Waals surface area (Å²) >= 11 is 0. The molecule has 0 aliphatic carbocycles. The van der Waals surface area contributed by atoms with Gasteiger partial charge in [0.05, 0.1) is 18.4 Å². The van der Waals surface area contributed by atoms with E-state index in [4.69, 9.17) is 15.9 Å². The molecule has 3 aromatic rings. The van der Waals surface area contributed by atoms with Crippen molar-refractivity contribution < 1.29 is 14.3 Å². The first-order valence-corrected chi connectivity index (χ1v) is 8.78. The lowest BCUT2D eigenvalue weighted by atomic mass is 10.1. The number of para-hydroxylation sites is 1. The molecule has 5 N–H and O–H groups in total. The molecular weight excluding hydrogens is 368 g/mol. The van der Waals surface area contributed by atoms with Crippen molar-refractivity contribution in [3.63, 3.8) is 0 Å². The van der Waals surface area contributed by atoms with E-state index in [0.717, 1.165) is 0 Å². The Kier molecular flexibility index (Phi) is 5.89. The molecule has 0 atom stereocenters. The van der Waals surface area contributed by atoms with Gasteiger partial charge in [-0.25, -0.2) is 0 Å². The van der Waals surface area contributed by atoms with Gasteiger partial charge in [0.2, 0.25) is 0 Å². The normalized spacial score (nSPS) is 10.1. The number of amides is 2. The van der Waals surface area contributed by atoms with Crippen LogP contribution in [0.1, 0.15) is 26.3 Å². The number of hydrogen-bond acceptors (Lipinski definition) is 4. The molecule has 0 aromatic heterocycles. The molecule has 2 amide bonds. The van der Waals surface area contributed by atoms with Gasteiger partial charge in [0.25, 0.3) is 11.8 Å². The summed E-state index contributed by atoms with van der Waals surface area (Å²) in [4.78, 5) is 25.3. The third-order valence-electron chi connectivity index (χ3n) is 4.20. The van der Waals surface area contributed by atoms with Crippen LogP contribution >= 0.6 is 0 Å². The number of ether oxygens (including phenoxy) is 1. The zero-order valence-corrected chi connectivity index (χ0v) is 15.7. The number of nitrogens with one attached hydrogen (secondary N) is 3. The molecule has 0 saturated heterocycles. The summed E-state index contributed by atoms with van der Waals surface area (Å²) in [5, 5.41) is 13.0. The molecule has 3 aromatic carbocycles. The van der Waals surface area contributed by atoms with Gasteiger partial charge in [0.1, 0.15) is 11.6 Å². The van der Waals surface area contributed by atoms with Gasteiger partial charge in [-0.1, -0.05) is 24.3 Å². The summed E-state index contributed by atoms with van der Waals surface area (Å²) in [6.07, 6.45) is 0. The molecule has 0 radical (unpaired) electrons. The number of amidine groups is 1. The van der Waals surface area contributed by atoms with Gasteiger partial charge in [-0.2, -0.15) is 0 Å². The lowest BCUT2D eigenvalue weighted by molar-refractivity contribution is 0.102. The molecule has 7 nitrogen and oxygen atoms in total. The number of nitrogens with two attached hydrogens (primary N) is 1. The van der Waals surface area contributed by atoms with Gasteiger partial charge in [0.15, 0.2) is 0 Å². The molecule has 146 valence electrons. The zero-order valence-electron chi connectivity index (χ0n) is 15.7. The maximum absolute atomic E-state index is 12.7. The number of nitrogen functional groups attached to an aromatic ring is 1. The van der Waals surface area contributed by atoms with E-state index >= 15 is 0 Å². The number of benzene rings is 3. The minimum Gasteiger partial charge on any atom is -0.497 e. The first kappa shape index (κ1) is 19.6. The SMILES string of the molecule is COc1ccc(NC(=O)c2ccccc2NC(=O)c2cccc(C(=N)N)c2)cc1. The maximum atomic E-state index is 12.7. The van der Waals surface area contributed by atoms with Crippen LogP contribution in [-0.4, -0.2) is 24.8 Å². The van der Waals surface area contributed by atoms with Crippen LogP contribution in [0.4, 0.5) is 11.4 Å². The molecule has 0 heterocycles. The fourth-order valence-electron chi connectivity index (χ4n) is 2.69. The van der Waals surface area contributed by atoms with E-state index in [-0.39, 0.29) is 11.7 Å². The summed E-state index contributed by atoms with van der Waals surface area (Å²) in [7, 11) is 1.57. The smallest absolute Gasteiger partial charge is 0.257 e. The quantitative estimate of drug-likeness (QED) is 0.382. The Morgan fingerprint density at radius 1 is 0.862 bits per heavy atom. The average molecular weight is 388 g/mol. The van der Waals surface area contributed by atoms with Crippen LogP contribution in [0.25, 0.3) is 0 Å². The number of anilines is 2. The van der Waals surface area contributed by atoms with Crippen molar-refractivity contribution in [2.45, 2.75) is 0 Å². The Hall–Kier alpha value is -4.13. The second-order valence-electron chi connectivity index (χ2n) is 6.18. The predicted molar refractivity (Wildman–Crippen MR) is 113 cm³/mol. The van der Waals surface area contributed by atoms with Gasteiger partial charge >= 0.3 is 0 Å². The van der Waals surface area contributed by atoms with Crippen LogP contribution in [0, 0.1) is 5.41 Å². The summed E-state index contributed by atoms with van der Waals surface area (Å²) in [6.45, 7) is 0. The summed E-state index contributed by atoms with van der Waals surface area (Å²) in [6, 6.07) is 20.1. The minimum atomic E-state index is -0.405. The highest BCUT2D eigenvalue weighted by atomic mass is 16.5. The van der Waals surface area contributed by atoms with Crippen LogP contribution < -0.4 is 21.1 Å². The lowest BCUT2D eigenvalue weighted by Crippen LogP contribution is -2.19. The number of hydrogen-bond donors (Lipinski definition) is 4. The average Bonchev–Trinajstić information content (AvgIpc) is 2.74. The number of methoxy groups -OCH3 is 1. The van der Waals surface area contributed by atoms with Crippen LogP contribution in [0.5, 0.6) is 5.75 Å². The Bertz CT molecular complexity index is 1060. The molecular formula is C22H20N4O3. The molecule has 0 spiro atoms. The number of carbonyl (C=O) groups is 2. The van der Waals surface area contributed by atoms with E-state index in [0.29, 0.717) is 33.8 Å². The Morgan fingerprint density at radius 3 is 2.24 bits per heavy atom. The summed E-state index contributed by atoms with van der Waals surface area (Å²) < 4.78 is 5.11. The molecule has 0 fully saturated rings. The number of rotatable bonds is 6. The van der Waals surface area contributed by atoms with Crippen molar-refractivity contribution in [2.75, 3.05) is 17.7 Å². The fourth-order valence-corrected chi connectivity index (χ4v) is 2.69. The second-order valence-corrected chi connectivity index (χ2v) is 6.18. The fraction of sp³-hybridized carbons (Fsp3) is 0.0455. The molecule has 0 aliphatic heterocycles. The first-order chi connectivity index (χ1) is 14.0. The summed E-state index contributed by atoms with van der Waals surface area (Å²) in [5.74, 6) is -0.205. The minimum absolute atomic E-state index is 0.126. The largest absolute Gasteiger partial charge is 0.497 e. The molecule has 29 heavy (non-hydrogen) atoms. The third kappa shape index (κ3) is 4.78. The van der Waals surface area contributed by atoms with E-state index in [1.165, 1.54) is 6.07 Å². The van der Waals surface area contributed by atoms with E-state index in [2.05, 4.69) is 10.6 Å². The number of carbonyl (C=O) groups excluding carboxylic acids is 2. The van der Waals surface area contributed by atoms with Crippen LogP contribution in [0.3, 0.4) is 0 Å². The van der Waals surface area contributed by atoms with Crippen molar-refractivity contribution in [1.29, 1.82) is 5.41 Å². The Labute approximate surface area is 168 Å². The zero-order chi connectivity index (χ0) is 20.8. The van der Waals surface area contributed by atoms with Crippen molar-refractivity contribution in [1.82, 2.24) is 0 Å². The first-order valence-electron chi connectivity index (χ1n) is 8.78. The topological polar surface area (TPSA) is 117 Å². The van der Waals surface area contributed by atoms with Gasteiger partial charge in [-0.05, 0) is 48.5 Å². The van der Waals surface area contributed by atoms with Crippen LogP contribution in [0.2, 0.25) is 0 Å². The highest BCUT2D eigenvalue weighted by Gasteiger charge is 2.15. The van der Waals surface area contributed by atoms with Crippen molar-refractivity contribution in [3.05, 3.63) is 89.5 Å². The van der Waals surface area contributed by atoms with Gasteiger partial charge in [-0.3, -0.25) is 15.0 Å². The summed E-state index contributed by atoms with van der Waals surface area (Å²) in [5.41, 5.74) is 7.56. The van der Waals surface area contributed by atoms with Gasteiger partial charge in [0, 0.05) is 16.8 Å². The molecule has 0 saturated carbocycles. The van der Waals surface area contributed by atoms with Crippen molar-refractivity contribution in [2.24, 2.45) is 5.73 Å². The molecule has 3 rings (SSSR count). The predicted octanol–water partition coefficient (Wildman–Crippen LogP) is 3.48. The maximum Gasteiger partial charge on any atom is 0.257 e. The monoisotopic (exact) mass is 388 g/mol. The van der Waals surface area contributed by atoms with Crippen molar-refractivity contribution in [3.8, 4) is 5.75 Å². The van der Waals surface area contributed by atoms with E-state index in [9.17, 15) is 9.59 Å². The Morgan fingerprint density at radius 2 is 1.55 bits per heavy atom. The third-order valence-corrected chi connectivity index (χ3v) is 4.20. The highest BCUT2D eigenvalue weighted by Crippen LogP contribution is 2.20. The van der Waals surface area contributed by atoms with E-state index < -0.39 is 5.91 Å². The molecule has 0 bridgehead atoms. The van der Waals surface area contributed by atoms with Gasteiger partial charge in [-0.15, -0.1) is 0 Å². The highest BCUT2D eigenvalue weighted by molar-refractivity contribution is 6.13. The van der Waals surface area contributed by atoms with Crippen molar-refractivity contribution >= 4 is 29.0 Å².